The highest BCUT2D eigenvalue weighted by Crippen LogP contribution is 2.35. The quantitative estimate of drug-likeness (QED) is 0.550. The van der Waals surface area contributed by atoms with Gasteiger partial charge >= 0.3 is 0 Å². The van der Waals surface area contributed by atoms with Gasteiger partial charge in [-0.05, 0) is 61.1 Å². The van der Waals surface area contributed by atoms with E-state index in [4.69, 9.17) is 4.74 Å². The molecule has 6 nitrogen and oxygen atoms in total. The average Bonchev–Trinajstić information content (AvgIpc) is 3.36. The predicted molar refractivity (Wildman–Crippen MR) is 135 cm³/mol. The number of nitrogens with one attached hydrogen (secondary N) is 1. The van der Waals surface area contributed by atoms with Gasteiger partial charge in [-0.2, -0.15) is 0 Å². The first-order chi connectivity index (χ1) is 15.8. The third-order valence-corrected chi connectivity index (χ3v) is 9.88. The topological polar surface area (TPSA) is 75.7 Å². The maximum Gasteiger partial charge on any atom is 0.237 e. The SMILES string of the molecule is COc1ccc(S[C@@H]2C[C@@H](C(=O)NC3CCS(=O)(=O)C3)N(Cc3ccc(SC)cc3)C2)cc1. The van der Waals surface area contributed by atoms with Crippen molar-refractivity contribution < 1.29 is 17.9 Å². The molecule has 0 radical (unpaired) electrons. The second-order valence-corrected chi connectivity index (χ2v) is 13.0. The first-order valence-corrected chi connectivity index (χ1v) is 15.0. The van der Waals surface area contributed by atoms with E-state index in [1.165, 1.54) is 10.5 Å². The number of likely N-dealkylation sites (tertiary alicyclic amines) is 1. The minimum absolute atomic E-state index is 0.0473. The van der Waals surface area contributed by atoms with Gasteiger partial charge in [-0.3, -0.25) is 9.69 Å². The summed E-state index contributed by atoms with van der Waals surface area (Å²) in [5.41, 5.74) is 1.17. The second-order valence-electron chi connectivity index (χ2n) is 8.55. The Morgan fingerprint density at radius 2 is 1.82 bits per heavy atom. The van der Waals surface area contributed by atoms with Crippen LogP contribution in [0.2, 0.25) is 0 Å². The number of amides is 1. The number of benzene rings is 2. The van der Waals surface area contributed by atoms with Gasteiger partial charge in [0.05, 0.1) is 24.7 Å². The van der Waals surface area contributed by atoms with Gasteiger partial charge in [-0.25, -0.2) is 8.42 Å². The summed E-state index contributed by atoms with van der Waals surface area (Å²) in [4.78, 5) is 17.8. The van der Waals surface area contributed by atoms with Crippen molar-refractivity contribution in [1.29, 1.82) is 0 Å². The maximum absolute atomic E-state index is 13.2. The Bertz CT molecular complexity index is 1060. The molecular weight excluding hydrogens is 476 g/mol. The number of methoxy groups -OCH3 is 1. The van der Waals surface area contributed by atoms with Crippen LogP contribution in [-0.2, 0) is 21.2 Å². The fourth-order valence-electron chi connectivity index (χ4n) is 4.41. The van der Waals surface area contributed by atoms with Gasteiger partial charge in [-0.15, -0.1) is 23.5 Å². The molecule has 33 heavy (non-hydrogen) atoms. The molecule has 0 aromatic heterocycles. The van der Waals surface area contributed by atoms with E-state index in [1.807, 2.05) is 24.3 Å². The highest BCUT2D eigenvalue weighted by molar-refractivity contribution is 8.00. The molecule has 9 heteroatoms. The molecule has 1 N–H and O–H groups in total. The third kappa shape index (κ3) is 6.47. The largest absolute Gasteiger partial charge is 0.497 e. The van der Waals surface area contributed by atoms with Crippen molar-refractivity contribution in [2.45, 2.75) is 46.5 Å². The molecule has 4 rings (SSSR count). The maximum atomic E-state index is 13.2. The molecule has 3 atom stereocenters. The van der Waals surface area contributed by atoms with Gasteiger partial charge in [0.15, 0.2) is 9.84 Å². The van der Waals surface area contributed by atoms with Crippen molar-refractivity contribution in [1.82, 2.24) is 10.2 Å². The summed E-state index contributed by atoms with van der Waals surface area (Å²) >= 11 is 3.49. The molecule has 1 amide bonds. The molecule has 2 aliphatic heterocycles. The van der Waals surface area contributed by atoms with Crippen molar-refractivity contribution in [3.8, 4) is 5.75 Å². The number of rotatable bonds is 8. The van der Waals surface area contributed by atoms with Gasteiger partial charge < -0.3 is 10.1 Å². The van der Waals surface area contributed by atoms with E-state index in [-0.39, 0.29) is 34.7 Å². The lowest BCUT2D eigenvalue weighted by Crippen LogP contribution is -2.47. The highest BCUT2D eigenvalue weighted by atomic mass is 32.2. The van der Waals surface area contributed by atoms with E-state index in [0.717, 1.165) is 23.6 Å². The van der Waals surface area contributed by atoms with Gasteiger partial charge in [0.2, 0.25) is 5.91 Å². The molecule has 0 aliphatic carbocycles. The molecule has 2 saturated heterocycles. The molecule has 1 unspecified atom stereocenters. The minimum Gasteiger partial charge on any atom is -0.497 e. The van der Waals surface area contributed by atoms with Crippen LogP contribution < -0.4 is 10.1 Å². The van der Waals surface area contributed by atoms with E-state index in [1.54, 1.807) is 30.6 Å². The Hall–Kier alpha value is -1.68. The molecule has 2 fully saturated rings. The van der Waals surface area contributed by atoms with Gasteiger partial charge in [-0.1, -0.05) is 12.1 Å². The molecule has 0 saturated carbocycles. The summed E-state index contributed by atoms with van der Waals surface area (Å²) in [5, 5.41) is 3.29. The van der Waals surface area contributed by atoms with Crippen LogP contribution in [0.5, 0.6) is 5.75 Å². The molecule has 2 aromatic carbocycles. The van der Waals surface area contributed by atoms with Gasteiger partial charge in [0, 0.05) is 34.2 Å². The van der Waals surface area contributed by atoms with Crippen LogP contribution in [0.25, 0.3) is 0 Å². The van der Waals surface area contributed by atoms with E-state index in [9.17, 15) is 13.2 Å². The summed E-state index contributed by atoms with van der Waals surface area (Å²) in [7, 11) is -1.38. The number of carbonyl (C=O) groups is 1. The van der Waals surface area contributed by atoms with Crippen LogP contribution in [0.1, 0.15) is 18.4 Å². The van der Waals surface area contributed by atoms with Crippen LogP contribution in [0.3, 0.4) is 0 Å². The van der Waals surface area contributed by atoms with Crippen LogP contribution >= 0.6 is 23.5 Å². The number of hydrogen-bond donors (Lipinski definition) is 1. The van der Waals surface area contributed by atoms with Crippen molar-refractivity contribution in [3.05, 3.63) is 54.1 Å². The molecule has 0 bridgehead atoms. The van der Waals surface area contributed by atoms with Crippen LogP contribution in [0, 0.1) is 0 Å². The zero-order valence-corrected chi connectivity index (χ0v) is 21.3. The number of ether oxygens (including phenoxy) is 1. The van der Waals surface area contributed by atoms with Crippen molar-refractivity contribution in [2.75, 3.05) is 31.4 Å². The lowest BCUT2D eigenvalue weighted by atomic mass is 10.1. The van der Waals surface area contributed by atoms with E-state index in [0.29, 0.717) is 13.0 Å². The van der Waals surface area contributed by atoms with E-state index in [2.05, 4.69) is 40.7 Å². The summed E-state index contributed by atoms with van der Waals surface area (Å²) < 4.78 is 28.9. The average molecular weight is 507 g/mol. The minimum atomic E-state index is -3.04. The molecule has 0 spiro atoms. The Morgan fingerprint density at radius 3 is 2.42 bits per heavy atom. The molecule has 2 aliphatic rings. The number of thioether (sulfide) groups is 2. The third-order valence-electron chi connectivity index (χ3n) is 6.15. The fraction of sp³-hybridized carbons (Fsp3) is 0.458. The van der Waals surface area contributed by atoms with Crippen molar-refractivity contribution in [3.63, 3.8) is 0 Å². The number of nitrogens with zero attached hydrogens (tertiary/aromatic N) is 1. The molecular formula is C24H30N2O4S3. The van der Waals surface area contributed by atoms with Crippen LogP contribution in [-0.4, -0.2) is 68.0 Å². The Kier molecular flexibility index (Phi) is 7.94. The second kappa shape index (κ2) is 10.7. The van der Waals surface area contributed by atoms with Crippen LogP contribution in [0.15, 0.2) is 58.3 Å². The summed E-state index contributed by atoms with van der Waals surface area (Å²) in [5.74, 6) is 0.968. The van der Waals surface area contributed by atoms with Crippen molar-refractivity contribution >= 4 is 39.3 Å². The van der Waals surface area contributed by atoms with Crippen molar-refractivity contribution in [2.24, 2.45) is 0 Å². The van der Waals surface area contributed by atoms with Gasteiger partial charge in [0.1, 0.15) is 5.75 Å². The summed E-state index contributed by atoms with van der Waals surface area (Å²) in [6.07, 6.45) is 3.28. The van der Waals surface area contributed by atoms with Gasteiger partial charge in [0.25, 0.3) is 0 Å². The normalized spacial score (nSPS) is 24.6. The standard InChI is InChI=1S/C24H30N2O4S3/c1-30-19-5-9-21(10-6-19)32-22-13-23(24(27)25-18-11-12-33(28,29)16-18)26(15-22)14-17-3-7-20(31-2)8-4-17/h3-10,18,22-23H,11-16H2,1-2H3,(H,25,27)/t18?,22-,23+/m1/s1. The first-order valence-electron chi connectivity index (χ1n) is 11.0. The zero-order chi connectivity index (χ0) is 23.4. The monoisotopic (exact) mass is 506 g/mol. The van der Waals surface area contributed by atoms with E-state index < -0.39 is 9.84 Å². The fourth-order valence-corrected chi connectivity index (χ4v) is 7.72. The molecule has 2 heterocycles. The smallest absolute Gasteiger partial charge is 0.237 e. The highest BCUT2D eigenvalue weighted by Gasteiger charge is 2.39. The van der Waals surface area contributed by atoms with Crippen LogP contribution in [0.4, 0.5) is 0 Å². The Balaban J connectivity index is 1.46. The Labute approximate surface area is 204 Å². The number of carbonyl (C=O) groups excluding carboxylic acids is 1. The zero-order valence-electron chi connectivity index (χ0n) is 18.9. The Morgan fingerprint density at radius 1 is 1.12 bits per heavy atom. The summed E-state index contributed by atoms with van der Waals surface area (Å²) in [6.45, 7) is 1.48. The summed E-state index contributed by atoms with van der Waals surface area (Å²) in [6, 6.07) is 15.9. The lowest BCUT2D eigenvalue weighted by molar-refractivity contribution is -0.126. The first kappa shape index (κ1) is 24.4. The molecule has 178 valence electrons. The number of hydrogen-bond acceptors (Lipinski definition) is 7. The number of sulfone groups is 1. The lowest BCUT2D eigenvalue weighted by Gasteiger charge is -2.25. The predicted octanol–water partition coefficient (Wildman–Crippen LogP) is 3.46. The van der Waals surface area contributed by atoms with E-state index >= 15 is 0 Å². The molecule has 2 aromatic rings.